The molecule has 7 nitrogen and oxygen atoms in total. The Morgan fingerprint density at radius 1 is 1.35 bits per heavy atom. The third-order valence-corrected chi connectivity index (χ3v) is 5.35. The lowest BCUT2D eigenvalue weighted by atomic mass is 10.1. The molecule has 1 amide bonds. The molecule has 23 heavy (non-hydrogen) atoms. The molecule has 8 heteroatoms. The van der Waals surface area contributed by atoms with Gasteiger partial charge in [-0.1, -0.05) is 12.1 Å². The van der Waals surface area contributed by atoms with E-state index in [1.165, 1.54) is 19.2 Å². The summed E-state index contributed by atoms with van der Waals surface area (Å²) in [5, 5.41) is 6.06. The normalized spacial score (nSPS) is 23.3. The van der Waals surface area contributed by atoms with Crippen molar-refractivity contribution in [1.29, 1.82) is 0 Å². The molecule has 1 aromatic rings. The van der Waals surface area contributed by atoms with E-state index in [0.717, 1.165) is 5.56 Å². The van der Waals surface area contributed by atoms with Crippen LogP contribution in [0.4, 0.5) is 0 Å². The van der Waals surface area contributed by atoms with Crippen LogP contribution in [0.2, 0.25) is 0 Å². The van der Waals surface area contributed by atoms with Gasteiger partial charge in [0.25, 0.3) is 0 Å². The van der Waals surface area contributed by atoms with Gasteiger partial charge in [-0.2, -0.15) is 0 Å². The Labute approximate surface area is 136 Å². The third kappa shape index (κ3) is 4.29. The zero-order chi connectivity index (χ0) is 17.0. The highest BCUT2D eigenvalue weighted by atomic mass is 32.2. The maximum absolute atomic E-state index is 12.3. The molecule has 1 fully saturated rings. The highest BCUT2D eigenvalue weighted by Gasteiger charge is 2.29. The summed E-state index contributed by atoms with van der Waals surface area (Å²) in [6, 6.07) is 5.83. The number of carbonyl (C=O) groups is 1. The summed E-state index contributed by atoms with van der Waals surface area (Å²) in [6.45, 7) is 4.96. The quantitative estimate of drug-likeness (QED) is 0.708. The van der Waals surface area contributed by atoms with Crippen LogP contribution in [0.3, 0.4) is 0 Å². The van der Waals surface area contributed by atoms with Crippen molar-refractivity contribution >= 4 is 15.9 Å². The molecule has 1 aliphatic heterocycles. The van der Waals surface area contributed by atoms with Crippen LogP contribution in [0.15, 0.2) is 29.2 Å². The molecule has 3 atom stereocenters. The van der Waals surface area contributed by atoms with Crippen molar-refractivity contribution in [3.8, 4) is 0 Å². The van der Waals surface area contributed by atoms with Crippen molar-refractivity contribution in [3.05, 3.63) is 29.8 Å². The van der Waals surface area contributed by atoms with E-state index in [1.54, 1.807) is 12.1 Å². The molecule has 0 spiro atoms. The van der Waals surface area contributed by atoms with Gasteiger partial charge in [-0.05, 0) is 38.6 Å². The molecule has 1 unspecified atom stereocenters. The van der Waals surface area contributed by atoms with E-state index in [9.17, 15) is 13.2 Å². The number of amides is 1. The number of nitrogens with one attached hydrogen (secondary N) is 3. The lowest BCUT2D eigenvalue weighted by Gasteiger charge is -2.30. The van der Waals surface area contributed by atoms with E-state index >= 15 is 0 Å². The molecule has 0 aromatic heterocycles. The van der Waals surface area contributed by atoms with Crippen LogP contribution in [0.25, 0.3) is 0 Å². The Morgan fingerprint density at radius 3 is 2.57 bits per heavy atom. The van der Waals surface area contributed by atoms with Gasteiger partial charge in [0.05, 0.1) is 23.6 Å². The van der Waals surface area contributed by atoms with E-state index in [-0.39, 0.29) is 29.0 Å². The number of morpholine rings is 1. The van der Waals surface area contributed by atoms with Gasteiger partial charge in [0.2, 0.25) is 15.9 Å². The Morgan fingerprint density at radius 2 is 2.00 bits per heavy atom. The Kier molecular flexibility index (Phi) is 5.74. The molecular formula is C15H23N3O4S. The molecule has 1 saturated heterocycles. The lowest BCUT2D eigenvalue weighted by molar-refractivity contribution is -0.129. The van der Waals surface area contributed by atoms with E-state index in [0.29, 0.717) is 13.2 Å². The van der Waals surface area contributed by atoms with Crippen molar-refractivity contribution in [3.63, 3.8) is 0 Å². The summed E-state index contributed by atoms with van der Waals surface area (Å²) < 4.78 is 31.1. The predicted molar refractivity (Wildman–Crippen MR) is 86.4 cm³/mol. The molecule has 0 aliphatic carbocycles. The second-order valence-electron chi connectivity index (χ2n) is 5.51. The number of benzene rings is 1. The van der Waals surface area contributed by atoms with Crippen LogP contribution in [0, 0.1) is 0 Å². The first-order valence-electron chi connectivity index (χ1n) is 7.54. The van der Waals surface area contributed by atoms with Gasteiger partial charge in [-0.25, -0.2) is 13.1 Å². The second kappa shape index (κ2) is 7.39. The first-order valence-corrected chi connectivity index (χ1v) is 9.02. The zero-order valence-electron chi connectivity index (χ0n) is 13.5. The third-order valence-electron chi connectivity index (χ3n) is 3.92. The van der Waals surface area contributed by atoms with Gasteiger partial charge in [-0.3, -0.25) is 4.79 Å². The molecule has 3 N–H and O–H groups in total. The Bertz CT molecular complexity index is 645. The fourth-order valence-electron chi connectivity index (χ4n) is 2.47. The molecule has 1 aliphatic rings. The van der Waals surface area contributed by atoms with E-state index in [2.05, 4.69) is 15.4 Å². The van der Waals surface area contributed by atoms with Crippen molar-refractivity contribution in [2.45, 2.75) is 36.9 Å². The first-order chi connectivity index (χ1) is 10.8. The van der Waals surface area contributed by atoms with Crippen LogP contribution in [0.5, 0.6) is 0 Å². The standard InChI is InChI=1S/C15H23N3O4S/c1-10(18-15(19)14-11(2)22-9-8-17-14)12-4-6-13(7-5-12)23(20,21)16-3/h4-7,10-11,14,16-17H,8-9H2,1-3H3,(H,18,19)/t10?,11-,14+/m1/s1. The number of rotatable bonds is 5. The van der Waals surface area contributed by atoms with Crippen molar-refractivity contribution in [2.24, 2.45) is 0 Å². The zero-order valence-corrected chi connectivity index (χ0v) is 14.3. The highest BCUT2D eigenvalue weighted by Crippen LogP contribution is 2.17. The van der Waals surface area contributed by atoms with E-state index < -0.39 is 10.0 Å². The fraction of sp³-hybridized carbons (Fsp3) is 0.533. The minimum atomic E-state index is -3.45. The summed E-state index contributed by atoms with van der Waals surface area (Å²) in [6.07, 6.45) is -0.181. The Hall–Kier alpha value is -1.48. The number of sulfonamides is 1. The fourth-order valence-corrected chi connectivity index (χ4v) is 3.20. The molecule has 0 bridgehead atoms. The average Bonchev–Trinajstić information content (AvgIpc) is 2.55. The Balaban J connectivity index is 2.03. The summed E-state index contributed by atoms with van der Waals surface area (Å²) in [7, 11) is -2.08. The van der Waals surface area contributed by atoms with Gasteiger partial charge >= 0.3 is 0 Å². The minimum Gasteiger partial charge on any atom is -0.375 e. The molecule has 0 radical (unpaired) electrons. The van der Waals surface area contributed by atoms with Crippen LogP contribution in [-0.2, 0) is 19.6 Å². The van der Waals surface area contributed by atoms with Gasteiger partial charge in [0.15, 0.2) is 0 Å². The number of ether oxygens (including phenoxy) is 1. The summed E-state index contributed by atoms with van der Waals surface area (Å²) in [4.78, 5) is 12.5. The van der Waals surface area contributed by atoms with Crippen LogP contribution in [-0.4, -0.2) is 46.7 Å². The molecule has 0 saturated carbocycles. The van der Waals surface area contributed by atoms with Crippen molar-refractivity contribution in [1.82, 2.24) is 15.4 Å². The average molecular weight is 341 g/mol. The summed E-state index contributed by atoms with van der Waals surface area (Å²) >= 11 is 0. The molecule has 1 heterocycles. The SMILES string of the molecule is CNS(=O)(=O)c1ccc(C(C)NC(=O)[C@H]2NCCO[C@@H]2C)cc1. The summed E-state index contributed by atoms with van der Waals surface area (Å²) in [5.41, 5.74) is 0.831. The van der Waals surface area contributed by atoms with Crippen LogP contribution < -0.4 is 15.4 Å². The maximum atomic E-state index is 12.3. The monoisotopic (exact) mass is 341 g/mol. The number of hydrogen-bond acceptors (Lipinski definition) is 5. The maximum Gasteiger partial charge on any atom is 0.240 e. The van der Waals surface area contributed by atoms with Crippen LogP contribution >= 0.6 is 0 Å². The van der Waals surface area contributed by atoms with Gasteiger partial charge in [-0.15, -0.1) is 0 Å². The van der Waals surface area contributed by atoms with E-state index in [4.69, 9.17) is 4.74 Å². The smallest absolute Gasteiger partial charge is 0.240 e. The van der Waals surface area contributed by atoms with Gasteiger partial charge in [0, 0.05) is 6.54 Å². The van der Waals surface area contributed by atoms with Crippen LogP contribution in [0.1, 0.15) is 25.5 Å². The molecular weight excluding hydrogens is 318 g/mol. The van der Waals surface area contributed by atoms with Crippen molar-refractivity contribution in [2.75, 3.05) is 20.2 Å². The minimum absolute atomic E-state index is 0.128. The second-order valence-corrected chi connectivity index (χ2v) is 7.40. The van der Waals surface area contributed by atoms with E-state index in [1.807, 2.05) is 13.8 Å². The van der Waals surface area contributed by atoms with Gasteiger partial charge < -0.3 is 15.4 Å². The predicted octanol–water partition coefficient (Wildman–Crippen LogP) is 0.149. The lowest BCUT2D eigenvalue weighted by Crippen LogP contribution is -2.55. The molecule has 1 aromatic carbocycles. The van der Waals surface area contributed by atoms with Crippen molar-refractivity contribution < 1.29 is 17.9 Å². The van der Waals surface area contributed by atoms with Gasteiger partial charge in [0.1, 0.15) is 6.04 Å². The summed E-state index contributed by atoms with van der Waals surface area (Å²) in [5.74, 6) is -0.128. The topological polar surface area (TPSA) is 96.5 Å². The number of carbonyl (C=O) groups excluding carboxylic acids is 1. The largest absolute Gasteiger partial charge is 0.375 e. The molecule has 2 rings (SSSR count). The first kappa shape index (κ1) is 17.9. The molecule has 128 valence electrons. The number of hydrogen-bond donors (Lipinski definition) is 3. The highest BCUT2D eigenvalue weighted by molar-refractivity contribution is 7.89.